The first-order valence-electron chi connectivity index (χ1n) is 40.2. The highest BCUT2D eigenvalue weighted by Gasteiger charge is 2.52. The molecule has 0 atom stereocenters. The zero-order chi connectivity index (χ0) is 83.2. The number of rotatable bonds is 12. The van der Waals surface area contributed by atoms with Crippen LogP contribution in [0.15, 0.2) is 219 Å². The van der Waals surface area contributed by atoms with Gasteiger partial charge in [-0.05, 0) is 278 Å². The van der Waals surface area contributed by atoms with Gasteiger partial charge in [0.2, 0.25) is 0 Å². The summed E-state index contributed by atoms with van der Waals surface area (Å²) in [5, 5.41) is 0.538. The molecule has 4 aromatic heterocycles. The number of hydrogen-bond acceptors (Lipinski definition) is 8. The largest absolute Gasteiger partial charge is 0.496 e. The topological polar surface area (TPSA) is 88.5 Å². The number of para-hydroxylation sites is 2. The van der Waals surface area contributed by atoms with Gasteiger partial charge in [-0.3, -0.25) is 4.98 Å². The van der Waals surface area contributed by atoms with Crippen LogP contribution in [0, 0.1) is 27.7 Å². The zero-order valence-electron chi connectivity index (χ0n) is 73.2. The van der Waals surface area contributed by atoms with Crippen LogP contribution in [-0.4, -0.2) is 52.5 Å². The Morgan fingerprint density at radius 1 is 0.307 bits per heavy atom. The SMILES string of the molecule is COc1ccccc1-c1cc(-c2cc(C(C)(C)C)cc(C(C)(C)C)c2)cc(-c2cccc(-c3cc(-c4c(C)cc(C(C)(C)C)cc4C)ccn3)c2)n1.COc1ccccc1-c1cc(-c2cc(C(C)(C)C)cc(C(C)(C)C)c2)cc(-c2cccc(B3OC(C)(C)C(C)(C)O3)c2)n1.Cc1cc(C(C)(C)C)cc(C)c1-c1ccnc(Cl)c1. The lowest BCUT2D eigenvalue weighted by molar-refractivity contribution is 0.00578. The Labute approximate surface area is 688 Å². The maximum absolute atomic E-state index is 6.39. The van der Waals surface area contributed by atoms with Gasteiger partial charge in [-0.2, -0.15) is 0 Å². The van der Waals surface area contributed by atoms with E-state index in [0.717, 1.165) is 89.9 Å². The van der Waals surface area contributed by atoms with Crippen molar-refractivity contribution in [2.45, 2.75) is 224 Å². The minimum absolute atomic E-state index is 0.00106. The summed E-state index contributed by atoms with van der Waals surface area (Å²) < 4.78 is 24.4. The summed E-state index contributed by atoms with van der Waals surface area (Å²) in [5.74, 6) is 1.59. The lowest BCUT2D eigenvalue weighted by atomic mass is 9.78. The molecular formula is C104H120BClN4O4. The van der Waals surface area contributed by atoms with E-state index in [1.54, 1.807) is 20.4 Å². The third kappa shape index (κ3) is 19.6. The Bertz CT molecular complexity index is 5380. The quantitative estimate of drug-likeness (QED) is 0.0883. The fraction of sp³-hybridized carbons (Fsp3) is 0.346. The molecule has 1 aliphatic rings. The van der Waals surface area contributed by atoms with Gasteiger partial charge in [-0.15, -0.1) is 0 Å². The van der Waals surface area contributed by atoms with Crippen LogP contribution in [0.5, 0.6) is 11.5 Å². The van der Waals surface area contributed by atoms with Crippen LogP contribution in [0.2, 0.25) is 5.15 Å². The summed E-state index contributed by atoms with van der Waals surface area (Å²) in [6.07, 6.45) is 3.69. The van der Waals surface area contributed by atoms with Crippen molar-refractivity contribution in [2.24, 2.45) is 0 Å². The number of methoxy groups -OCH3 is 2. The van der Waals surface area contributed by atoms with E-state index in [0.29, 0.717) is 5.15 Å². The van der Waals surface area contributed by atoms with Crippen LogP contribution < -0.4 is 14.9 Å². The molecule has 0 spiro atoms. The number of pyridine rings is 4. The number of aromatic nitrogens is 4. The van der Waals surface area contributed by atoms with E-state index in [1.807, 2.05) is 54.7 Å². The van der Waals surface area contributed by atoms with E-state index < -0.39 is 18.3 Å². The molecule has 1 aliphatic heterocycles. The highest BCUT2D eigenvalue weighted by molar-refractivity contribution is 6.62. The van der Waals surface area contributed by atoms with Gasteiger partial charge < -0.3 is 18.8 Å². The molecule has 0 unspecified atom stereocenters. The van der Waals surface area contributed by atoms with Gasteiger partial charge in [0.15, 0.2) is 0 Å². The van der Waals surface area contributed by atoms with Crippen molar-refractivity contribution in [1.82, 2.24) is 19.9 Å². The predicted molar refractivity (Wildman–Crippen MR) is 484 cm³/mol. The number of benzene rings is 8. The van der Waals surface area contributed by atoms with Crippen LogP contribution in [0.1, 0.15) is 208 Å². The monoisotopic (exact) mass is 1530 g/mol. The van der Waals surface area contributed by atoms with Crippen molar-refractivity contribution in [2.75, 3.05) is 14.2 Å². The zero-order valence-corrected chi connectivity index (χ0v) is 73.9. The molecule has 0 radical (unpaired) electrons. The highest BCUT2D eigenvalue weighted by Crippen LogP contribution is 2.44. The summed E-state index contributed by atoms with van der Waals surface area (Å²) >= 11 is 5.99. The Kier molecular flexibility index (Phi) is 24.5. The summed E-state index contributed by atoms with van der Waals surface area (Å²) in [4.78, 5) is 19.4. The number of aryl methyl sites for hydroxylation is 4. The van der Waals surface area contributed by atoms with E-state index in [2.05, 4.69) is 343 Å². The third-order valence-corrected chi connectivity index (χ3v) is 22.6. The summed E-state index contributed by atoms with van der Waals surface area (Å²) in [6.45, 7) is 58.0. The molecule has 590 valence electrons. The molecule has 10 heteroatoms. The van der Waals surface area contributed by atoms with E-state index in [-0.39, 0.29) is 32.5 Å². The molecule has 8 aromatic carbocycles. The molecule has 13 rings (SSSR count). The predicted octanol–water partition coefficient (Wildman–Crippen LogP) is 27.6. The number of halogens is 1. The van der Waals surface area contributed by atoms with E-state index in [9.17, 15) is 0 Å². The van der Waals surface area contributed by atoms with Crippen LogP contribution in [0.3, 0.4) is 0 Å². The molecule has 0 amide bonds. The molecule has 1 fully saturated rings. The van der Waals surface area contributed by atoms with Gasteiger partial charge in [0, 0.05) is 34.6 Å². The molecule has 1 saturated heterocycles. The van der Waals surface area contributed by atoms with Gasteiger partial charge in [0.25, 0.3) is 0 Å². The molecular weight excluding hydrogens is 1420 g/mol. The lowest BCUT2D eigenvalue weighted by Gasteiger charge is -2.32. The van der Waals surface area contributed by atoms with Gasteiger partial charge >= 0.3 is 7.12 Å². The van der Waals surface area contributed by atoms with E-state index >= 15 is 0 Å². The molecule has 0 aliphatic carbocycles. The standard InChI is InChI=1S/C49H54N2O.C38H46BNO3.C17H20ClN/c1-31-22-38(47(3,4)5)23-32(2)46(31)35-20-21-50-42(27-35)33-16-15-17-34(24-33)43-28-37(29-44(51-43)41-18-13-14-19-45(41)52-12)36-25-39(48(6,7)8)30-40(26-36)49(9,10)11;1-35(2,3)28-19-26(20-29(24-28)36(4,5)6)27-22-32(40-33(23-27)31-17-12-13-18-34(31)41-11)25-15-14-16-30(21-25)39-42-37(7,8)38(9,10)43-39;1-11-8-14(17(3,4)5)9-12(2)16(11)13-6-7-19-15(18)10-13/h13-30H,1-12H3;12-24H,1-11H3;6-10H,1-5H3. The maximum atomic E-state index is 6.39. The molecule has 5 heterocycles. The average molecular weight is 1540 g/mol. The lowest BCUT2D eigenvalue weighted by Crippen LogP contribution is -2.41. The van der Waals surface area contributed by atoms with Crippen molar-refractivity contribution in [3.8, 4) is 112 Å². The summed E-state index contributed by atoms with van der Waals surface area (Å²) in [5.41, 5.74) is 32.5. The Morgan fingerprint density at radius 3 is 1.00 bits per heavy atom. The molecule has 0 bridgehead atoms. The second-order valence-corrected chi connectivity index (χ2v) is 38.7. The van der Waals surface area contributed by atoms with Crippen LogP contribution >= 0.6 is 11.6 Å². The van der Waals surface area contributed by atoms with Gasteiger partial charge in [-0.25, -0.2) is 15.0 Å². The summed E-state index contributed by atoms with van der Waals surface area (Å²) in [6, 6.07) is 73.7. The summed E-state index contributed by atoms with van der Waals surface area (Å²) in [7, 11) is 2.98. The first-order chi connectivity index (χ1) is 53.2. The second kappa shape index (κ2) is 32.9. The normalized spacial score (nSPS) is 13.7. The third-order valence-electron chi connectivity index (χ3n) is 22.4. The first kappa shape index (κ1) is 85.1. The molecule has 12 aromatic rings. The van der Waals surface area contributed by atoms with E-state index in [1.165, 1.54) is 83.5 Å². The van der Waals surface area contributed by atoms with Crippen molar-refractivity contribution in [3.05, 3.63) is 279 Å². The van der Waals surface area contributed by atoms with Crippen LogP contribution in [-0.2, 0) is 41.8 Å². The molecule has 0 saturated carbocycles. The average Bonchev–Trinajstić information content (AvgIpc) is 1.72. The van der Waals surface area contributed by atoms with Gasteiger partial charge in [0.1, 0.15) is 16.7 Å². The van der Waals surface area contributed by atoms with Crippen molar-refractivity contribution in [1.29, 1.82) is 0 Å². The minimum Gasteiger partial charge on any atom is -0.496 e. The fourth-order valence-corrected chi connectivity index (χ4v) is 14.8. The Morgan fingerprint density at radius 2 is 0.623 bits per heavy atom. The molecule has 0 N–H and O–H groups in total. The van der Waals surface area contributed by atoms with Crippen molar-refractivity contribution >= 4 is 24.2 Å². The van der Waals surface area contributed by atoms with Crippen molar-refractivity contribution < 1.29 is 18.8 Å². The van der Waals surface area contributed by atoms with Gasteiger partial charge in [0.05, 0.1) is 53.9 Å². The number of nitrogens with zero attached hydrogens (tertiary/aromatic N) is 4. The second-order valence-electron chi connectivity index (χ2n) is 38.3. The number of hydrogen-bond donors (Lipinski definition) is 0. The maximum Gasteiger partial charge on any atom is 0.494 e. The van der Waals surface area contributed by atoms with Crippen molar-refractivity contribution in [3.63, 3.8) is 0 Å². The number of ether oxygens (including phenoxy) is 2. The first-order valence-corrected chi connectivity index (χ1v) is 40.6. The fourth-order valence-electron chi connectivity index (χ4n) is 14.7. The molecule has 8 nitrogen and oxygen atoms in total. The Hall–Kier alpha value is -9.77. The van der Waals surface area contributed by atoms with E-state index in [4.69, 9.17) is 45.3 Å². The van der Waals surface area contributed by atoms with Crippen LogP contribution in [0.25, 0.3) is 101 Å². The highest BCUT2D eigenvalue weighted by atomic mass is 35.5. The smallest absolute Gasteiger partial charge is 0.494 e. The van der Waals surface area contributed by atoms with Gasteiger partial charge in [-0.1, -0.05) is 264 Å². The minimum atomic E-state index is -0.445. The molecule has 114 heavy (non-hydrogen) atoms. The Balaban J connectivity index is 0.000000185. The van der Waals surface area contributed by atoms with Crippen LogP contribution in [0.4, 0.5) is 0 Å².